The zero-order valence-electron chi connectivity index (χ0n) is 12.6. The lowest BCUT2D eigenvalue weighted by atomic mass is 9.97. The molecule has 2 rings (SSSR count). The monoisotopic (exact) mass is 332 g/mol. The Hall–Kier alpha value is -0.470. The molecule has 1 aromatic rings. The van der Waals surface area contributed by atoms with Gasteiger partial charge in [-0.25, -0.2) is 13.1 Å². The molecule has 0 radical (unpaired) electrons. The second kappa shape index (κ2) is 7.19. The standard InChI is InChI=1S/C14H24N2O3S2/c1-3-8-15-10-12-5-6-13(20-12)21(17,18)16-14(2)7-4-9-19-11-14/h5-6,15-16H,3-4,7-11H2,1-2H3. The Morgan fingerprint density at radius 3 is 2.90 bits per heavy atom. The van der Waals surface area contributed by atoms with E-state index in [0.29, 0.717) is 24.0 Å². The lowest BCUT2D eigenvalue weighted by molar-refractivity contribution is 0.0387. The van der Waals surface area contributed by atoms with Gasteiger partial charge in [-0.1, -0.05) is 6.92 Å². The van der Waals surface area contributed by atoms with E-state index in [-0.39, 0.29) is 0 Å². The molecule has 21 heavy (non-hydrogen) atoms. The molecule has 1 aliphatic rings. The van der Waals surface area contributed by atoms with E-state index in [0.717, 1.165) is 30.7 Å². The minimum absolute atomic E-state index is 0.377. The molecule has 0 aromatic carbocycles. The van der Waals surface area contributed by atoms with Crippen LogP contribution in [-0.4, -0.2) is 33.7 Å². The summed E-state index contributed by atoms with van der Waals surface area (Å²) < 4.78 is 33.5. The Morgan fingerprint density at radius 2 is 2.24 bits per heavy atom. The summed E-state index contributed by atoms with van der Waals surface area (Å²) in [5, 5.41) is 3.28. The molecule has 5 nitrogen and oxygen atoms in total. The van der Waals surface area contributed by atoms with Crippen molar-refractivity contribution in [3.05, 3.63) is 17.0 Å². The maximum absolute atomic E-state index is 12.5. The fourth-order valence-electron chi connectivity index (χ4n) is 2.38. The molecule has 1 aliphatic heterocycles. The van der Waals surface area contributed by atoms with Crippen LogP contribution in [0, 0.1) is 0 Å². The van der Waals surface area contributed by atoms with E-state index in [9.17, 15) is 8.42 Å². The zero-order valence-corrected chi connectivity index (χ0v) is 14.3. The van der Waals surface area contributed by atoms with Crippen LogP contribution in [0.5, 0.6) is 0 Å². The molecule has 1 saturated heterocycles. The fraction of sp³-hybridized carbons (Fsp3) is 0.714. The third-order valence-electron chi connectivity index (χ3n) is 3.45. The predicted molar refractivity (Wildman–Crippen MR) is 85.1 cm³/mol. The Labute approximate surface area is 131 Å². The summed E-state index contributed by atoms with van der Waals surface area (Å²) in [5.74, 6) is 0. The van der Waals surface area contributed by atoms with Crippen molar-refractivity contribution in [3.63, 3.8) is 0 Å². The van der Waals surface area contributed by atoms with Crippen LogP contribution in [-0.2, 0) is 21.3 Å². The Kier molecular flexibility index (Phi) is 5.79. The van der Waals surface area contributed by atoms with E-state index in [1.807, 2.05) is 13.0 Å². The van der Waals surface area contributed by atoms with Crippen LogP contribution in [0.4, 0.5) is 0 Å². The van der Waals surface area contributed by atoms with Gasteiger partial charge in [-0.05, 0) is 44.9 Å². The van der Waals surface area contributed by atoms with Gasteiger partial charge in [0.05, 0.1) is 12.1 Å². The second-order valence-corrected chi connectivity index (χ2v) is 8.80. The van der Waals surface area contributed by atoms with Gasteiger partial charge in [0.15, 0.2) is 0 Å². The van der Waals surface area contributed by atoms with Gasteiger partial charge in [0.25, 0.3) is 10.0 Å². The lowest BCUT2D eigenvalue weighted by Gasteiger charge is -2.33. The highest BCUT2D eigenvalue weighted by molar-refractivity contribution is 7.91. The summed E-state index contributed by atoms with van der Waals surface area (Å²) >= 11 is 1.32. The number of sulfonamides is 1. The summed E-state index contributed by atoms with van der Waals surface area (Å²) in [6.07, 6.45) is 2.76. The van der Waals surface area contributed by atoms with Gasteiger partial charge in [0, 0.05) is 18.0 Å². The quantitative estimate of drug-likeness (QED) is 0.750. The van der Waals surface area contributed by atoms with Crippen LogP contribution in [0.15, 0.2) is 16.3 Å². The summed E-state index contributed by atoms with van der Waals surface area (Å²) in [6, 6.07) is 3.56. The number of ether oxygens (including phenoxy) is 1. The number of hydrogen-bond donors (Lipinski definition) is 2. The molecular formula is C14H24N2O3S2. The molecule has 2 heterocycles. The van der Waals surface area contributed by atoms with Crippen molar-refractivity contribution in [2.45, 2.75) is 49.4 Å². The molecule has 0 saturated carbocycles. The highest BCUT2D eigenvalue weighted by atomic mass is 32.2. The van der Waals surface area contributed by atoms with E-state index in [2.05, 4.69) is 17.0 Å². The third kappa shape index (κ3) is 4.75. The van der Waals surface area contributed by atoms with Gasteiger partial charge in [0.1, 0.15) is 4.21 Å². The Morgan fingerprint density at radius 1 is 1.43 bits per heavy atom. The first-order chi connectivity index (χ1) is 9.95. The van der Waals surface area contributed by atoms with Crippen molar-refractivity contribution in [3.8, 4) is 0 Å². The van der Waals surface area contributed by atoms with E-state index in [1.165, 1.54) is 11.3 Å². The molecule has 0 aliphatic carbocycles. The van der Waals surface area contributed by atoms with E-state index in [1.54, 1.807) is 6.07 Å². The van der Waals surface area contributed by atoms with Gasteiger partial charge in [0.2, 0.25) is 0 Å². The molecule has 1 atom stereocenters. The van der Waals surface area contributed by atoms with E-state index in [4.69, 9.17) is 4.74 Å². The van der Waals surface area contributed by atoms with Crippen LogP contribution in [0.2, 0.25) is 0 Å². The minimum Gasteiger partial charge on any atom is -0.380 e. The van der Waals surface area contributed by atoms with Gasteiger partial charge in [-0.15, -0.1) is 11.3 Å². The molecule has 1 fully saturated rings. The zero-order chi connectivity index (χ0) is 15.3. The van der Waals surface area contributed by atoms with Gasteiger partial charge < -0.3 is 10.1 Å². The molecule has 1 aromatic heterocycles. The highest BCUT2D eigenvalue weighted by Gasteiger charge is 2.33. The predicted octanol–water partition coefficient (Wildman–Crippen LogP) is 2.10. The summed E-state index contributed by atoms with van der Waals surface area (Å²) in [6.45, 7) is 6.81. The first kappa shape index (κ1) is 16.9. The van der Waals surface area contributed by atoms with Crippen molar-refractivity contribution in [1.29, 1.82) is 0 Å². The summed E-state index contributed by atoms with van der Waals surface area (Å²) in [5.41, 5.74) is -0.498. The smallest absolute Gasteiger partial charge is 0.250 e. The molecule has 0 bridgehead atoms. The molecule has 7 heteroatoms. The number of hydrogen-bond acceptors (Lipinski definition) is 5. The SMILES string of the molecule is CCCNCc1ccc(S(=O)(=O)NC2(C)CCCOC2)s1. The molecule has 2 N–H and O–H groups in total. The molecule has 1 unspecified atom stereocenters. The maximum Gasteiger partial charge on any atom is 0.250 e. The van der Waals surface area contributed by atoms with Crippen LogP contribution in [0.25, 0.3) is 0 Å². The number of rotatable bonds is 7. The van der Waals surface area contributed by atoms with Crippen LogP contribution < -0.4 is 10.0 Å². The van der Waals surface area contributed by atoms with E-state index < -0.39 is 15.6 Å². The van der Waals surface area contributed by atoms with Gasteiger partial charge >= 0.3 is 0 Å². The van der Waals surface area contributed by atoms with Crippen molar-refractivity contribution in [2.75, 3.05) is 19.8 Å². The molecule has 0 amide bonds. The molecule has 0 spiro atoms. The number of thiophene rings is 1. The van der Waals surface area contributed by atoms with Gasteiger partial charge in [-0.3, -0.25) is 0 Å². The molecule has 120 valence electrons. The first-order valence-corrected chi connectivity index (χ1v) is 9.66. The Balaban J connectivity index is 2.02. The van der Waals surface area contributed by atoms with Crippen molar-refractivity contribution in [2.24, 2.45) is 0 Å². The van der Waals surface area contributed by atoms with Gasteiger partial charge in [-0.2, -0.15) is 0 Å². The van der Waals surface area contributed by atoms with Crippen molar-refractivity contribution < 1.29 is 13.2 Å². The van der Waals surface area contributed by atoms with Crippen molar-refractivity contribution >= 4 is 21.4 Å². The lowest BCUT2D eigenvalue weighted by Crippen LogP contribution is -2.51. The average Bonchev–Trinajstić information content (AvgIpc) is 2.88. The minimum atomic E-state index is -3.47. The average molecular weight is 332 g/mol. The van der Waals surface area contributed by atoms with Crippen LogP contribution in [0.1, 0.15) is 38.0 Å². The summed E-state index contributed by atoms with van der Waals surface area (Å²) in [4.78, 5) is 1.04. The highest BCUT2D eigenvalue weighted by Crippen LogP contribution is 2.25. The normalized spacial score (nSPS) is 23.3. The topological polar surface area (TPSA) is 67.4 Å². The summed E-state index contributed by atoms with van der Waals surface area (Å²) in [7, 11) is -3.47. The third-order valence-corrected chi connectivity index (χ3v) is 6.66. The van der Waals surface area contributed by atoms with Crippen LogP contribution in [0.3, 0.4) is 0 Å². The van der Waals surface area contributed by atoms with Crippen LogP contribution >= 0.6 is 11.3 Å². The largest absolute Gasteiger partial charge is 0.380 e. The Bertz CT molecular complexity index is 548. The fourth-order valence-corrected chi connectivity index (χ4v) is 5.12. The molecular weight excluding hydrogens is 308 g/mol. The first-order valence-electron chi connectivity index (χ1n) is 7.36. The van der Waals surface area contributed by atoms with Crippen molar-refractivity contribution in [1.82, 2.24) is 10.0 Å². The number of nitrogens with one attached hydrogen (secondary N) is 2. The maximum atomic E-state index is 12.5. The second-order valence-electron chi connectivity index (χ2n) is 5.72. The van der Waals surface area contributed by atoms with E-state index >= 15 is 0 Å².